The number of nitro groups is 1. The molecule has 1 aliphatic rings. The summed E-state index contributed by atoms with van der Waals surface area (Å²) >= 11 is 5.91. The molecule has 2 rings (SSSR count). The van der Waals surface area contributed by atoms with E-state index >= 15 is 0 Å². The van der Waals surface area contributed by atoms with Crippen LogP contribution in [0.3, 0.4) is 0 Å². The highest BCUT2D eigenvalue weighted by atomic mass is 35.5. The van der Waals surface area contributed by atoms with Crippen LogP contribution in [0.5, 0.6) is 5.75 Å². The number of hydrogen-bond acceptors (Lipinski definition) is 4. The molecule has 1 aromatic rings. The van der Waals surface area contributed by atoms with Crippen molar-refractivity contribution in [2.45, 2.75) is 18.9 Å². The fraction of sp³-hybridized carbons (Fsp3) is 0.455. The quantitative estimate of drug-likeness (QED) is 0.664. The van der Waals surface area contributed by atoms with Gasteiger partial charge in [0.1, 0.15) is 6.61 Å². The molecule has 1 saturated heterocycles. The van der Waals surface area contributed by atoms with E-state index in [-0.39, 0.29) is 22.5 Å². The zero-order chi connectivity index (χ0) is 12.3. The Bertz CT molecular complexity index is 419. The molecular formula is C11H13ClN2O3. The van der Waals surface area contributed by atoms with Crippen LogP contribution in [-0.2, 0) is 0 Å². The largest absolute Gasteiger partial charge is 0.484 e. The van der Waals surface area contributed by atoms with Crippen LogP contribution in [0.1, 0.15) is 12.8 Å². The standard InChI is InChI=1S/C11H13ClN2O3/c12-9-4-1-5-10(14(15)16)11(9)17-7-8-3-2-6-13-8/h1,4-5,8,13H,2-3,6-7H2/t8-/m0/s1. The van der Waals surface area contributed by atoms with E-state index in [9.17, 15) is 10.1 Å². The summed E-state index contributed by atoms with van der Waals surface area (Å²) in [5.74, 6) is 0.160. The van der Waals surface area contributed by atoms with Gasteiger partial charge in [-0.15, -0.1) is 0 Å². The lowest BCUT2D eigenvalue weighted by atomic mass is 10.2. The number of nitrogens with zero attached hydrogens (tertiary/aromatic N) is 1. The molecule has 0 saturated carbocycles. The fourth-order valence-electron chi connectivity index (χ4n) is 1.87. The first-order chi connectivity index (χ1) is 8.18. The second-order valence-corrected chi connectivity index (χ2v) is 4.36. The summed E-state index contributed by atoms with van der Waals surface area (Å²) in [7, 11) is 0. The van der Waals surface area contributed by atoms with E-state index in [4.69, 9.17) is 16.3 Å². The predicted molar refractivity (Wildman–Crippen MR) is 64.6 cm³/mol. The van der Waals surface area contributed by atoms with Crippen molar-refractivity contribution in [1.82, 2.24) is 5.32 Å². The van der Waals surface area contributed by atoms with E-state index in [2.05, 4.69) is 5.32 Å². The normalized spacial score (nSPS) is 19.2. The van der Waals surface area contributed by atoms with Crippen molar-refractivity contribution in [3.63, 3.8) is 0 Å². The minimum Gasteiger partial charge on any atom is -0.484 e. The van der Waals surface area contributed by atoms with Crippen LogP contribution in [0, 0.1) is 10.1 Å². The zero-order valence-corrected chi connectivity index (χ0v) is 9.94. The highest BCUT2D eigenvalue weighted by molar-refractivity contribution is 6.32. The van der Waals surface area contributed by atoms with Crippen molar-refractivity contribution >= 4 is 17.3 Å². The summed E-state index contributed by atoms with van der Waals surface area (Å²) < 4.78 is 5.48. The van der Waals surface area contributed by atoms with E-state index in [1.807, 2.05) is 0 Å². The molecule has 1 fully saturated rings. The smallest absolute Gasteiger partial charge is 0.312 e. The van der Waals surface area contributed by atoms with Crippen molar-refractivity contribution in [3.05, 3.63) is 33.3 Å². The number of hydrogen-bond donors (Lipinski definition) is 1. The van der Waals surface area contributed by atoms with Crippen LogP contribution >= 0.6 is 11.6 Å². The number of nitro benzene ring substituents is 1. The lowest BCUT2D eigenvalue weighted by Crippen LogP contribution is -2.28. The minimum atomic E-state index is -0.483. The van der Waals surface area contributed by atoms with Gasteiger partial charge in [0.15, 0.2) is 0 Å². The van der Waals surface area contributed by atoms with Crippen LogP contribution in [0.4, 0.5) is 5.69 Å². The molecule has 0 aromatic heterocycles. The van der Waals surface area contributed by atoms with Gasteiger partial charge >= 0.3 is 5.69 Å². The molecule has 92 valence electrons. The average molecular weight is 257 g/mol. The number of para-hydroxylation sites is 1. The van der Waals surface area contributed by atoms with Crippen LogP contribution in [-0.4, -0.2) is 24.1 Å². The number of benzene rings is 1. The van der Waals surface area contributed by atoms with Crippen molar-refractivity contribution in [3.8, 4) is 5.75 Å². The van der Waals surface area contributed by atoms with Gasteiger partial charge in [-0.05, 0) is 25.5 Å². The fourth-order valence-corrected chi connectivity index (χ4v) is 2.09. The summed E-state index contributed by atoms with van der Waals surface area (Å²) in [6.07, 6.45) is 2.14. The van der Waals surface area contributed by atoms with Gasteiger partial charge in [-0.1, -0.05) is 17.7 Å². The Labute approximate surface area is 104 Å². The number of ether oxygens (including phenoxy) is 1. The summed E-state index contributed by atoms with van der Waals surface area (Å²) in [5.41, 5.74) is -0.0875. The molecule has 0 aliphatic carbocycles. The lowest BCUT2D eigenvalue weighted by Gasteiger charge is -2.12. The average Bonchev–Trinajstić information content (AvgIpc) is 2.80. The second-order valence-electron chi connectivity index (χ2n) is 3.95. The van der Waals surface area contributed by atoms with Gasteiger partial charge < -0.3 is 10.1 Å². The molecule has 1 atom stereocenters. The van der Waals surface area contributed by atoms with Crippen LogP contribution < -0.4 is 10.1 Å². The Morgan fingerprint density at radius 1 is 1.59 bits per heavy atom. The summed E-state index contributed by atoms with van der Waals surface area (Å²) in [4.78, 5) is 10.3. The molecule has 1 aliphatic heterocycles. The molecule has 0 amide bonds. The maximum atomic E-state index is 10.8. The van der Waals surface area contributed by atoms with E-state index < -0.39 is 4.92 Å². The van der Waals surface area contributed by atoms with Gasteiger partial charge in [0.2, 0.25) is 5.75 Å². The van der Waals surface area contributed by atoms with Gasteiger partial charge in [0.25, 0.3) is 0 Å². The van der Waals surface area contributed by atoms with Gasteiger partial charge in [-0.25, -0.2) is 0 Å². The van der Waals surface area contributed by atoms with Gasteiger partial charge in [-0.2, -0.15) is 0 Å². The number of halogens is 1. The molecule has 6 heteroatoms. The summed E-state index contributed by atoms with van der Waals surface area (Å²) in [6.45, 7) is 1.38. The molecule has 1 N–H and O–H groups in total. The third kappa shape index (κ3) is 2.87. The highest BCUT2D eigenvalue weighted by Crippen LogP contribution is 2.34. The Morgan fingerprint density at radius 3 is 3.06 bits per heavy atom. The third-order valence-corrected chi connectivity index (χ3v) is 3.03. The molecule has 5 nitrogen and oxygen atoms in total. The maximum absolute atomic E-state index is 10.8. The Balaban J connectivity index is 2.10. The van der Waals surface area contributed by atoms with Crippen molar-refractivity contribution in [2.24, 2.45) is 0 Å². The van der Waals surface area contributed by atoms with Gasteiger partial charge in [0, 0.05) is 12.1 Å². The molecular weight excluding hydrogens is 244 g/mol. The molecule has 1 aromatic carbocycles. The lowest BCUT2D eigenvalue weighted by molar-refractivity contribution is -0.385. The first kappa shape index (κ1) is 12.1. The second kappa shape index (κ2) is 5.33. The van der Waals surface area contributed by atoms with Crippen molar-refractivity contribution in [1.29, 1.82) is 0 Å². The predicted octanol–water partition coefficient (Wildman–Crippen LogP) is 2.38. The van der Waals surface area contributed by atoms with Crippen LogP contribution in [0.2, 0.25) is 5.02 Å². The number of nitrogens with one attached hydrogen (secondary N) is 1. The Morgan fingerprint density at radius 2 is 2.41 bits per heavy atom. The van der Waals surface area contributed by atoms with E-state index in [0.717, 1.165) is 19.4 Å². The van der Waals surface area contributed by atoms with Crippen molar-refractivity contribution < 1.29 is 9.66 Å². The minimum absolute atomic E-state index is 0.0875. The van der Waals surface area contributed by atoms with Gasteiger partial charge in [0.05, 0.1) is 9.95 Å². The van der Waals surface area contributed by atoms with Crippen LogP contribution in [0.25, 0.3) is 0 Å². The number of rotatable bonds is 4. The molecule has 1 heterocycles. The SMILES string of the molecule is O=[N+]([O-])c1cccc(Cl)c1OC[C@@H]1CCCN1. The Kier molecular flexibility index (Phi) is 3.81. The van der Waals surface area contributed by atoms with Crippen LogP contribution in [0.15, 0.2) is 18.2 Å². The molecule has 17 heavy (non-hydrogen) atoms. The topological polar surface area (TPSA) is 64.4 Å². The summed E-state index contributed by atoms with van der Waals surface area (Å²) in [6, 6.07) is 4.78. The first-order valence-electron chi connectivity index (χ1n) is 5.47. The molecule has 0 bridgehead atoms. The zero-order valence-electron chi connectivity index (χ0n) is 9.19. The van der Waals surface area contributed by atoms with Crippen molar-refractivity contribution in [2.75, 3.05) is 13.2 Å². The van der Waals surface area contributed by atoms with Gasteiger partial charge in [-0.3, -0.25) is 10.1 Å². The molecule has 0 radical (unpaired) electrons. The Hall–Kier alpha value is -1.33. The maximum Gasteiger partial charge on any atom is 0.312 e. The first-order valence-corrected chi connectivity index (χ1v) is 5.85. The summed E-state index contributed by atoms with van der Waals surface area (Å²) in [5, 5.41) is 14.4. The van der Waals surface area contributed by atoms with E-state index in [0.29, 0.717) is 6.61 Å². The monoisotopic (exact) mass is 256 g/mol. The van der Waals surface area contributed by atoms with E-state index in [1.54, 1.807) is 12.1 Å². The van der Waals surface area contributed by atoms with E-state index in [1.165, 1.54) is 6.07 Å². The molecule has 0 spiro atoms. The third-order valence-electron chi connectivity index (χ3n) is 2.73. The molecule has 0 unspecified atom stereocenters. The highest BCUT2D eigenvalue weighted by Gasteiger charge is 2.21.